The van der Waals surface area contributed by atoms with Crippen LogP contribution in [-0.2, 0) is 6.42 Å². The summed E-state index contributed by atoms with van der Waals surface area (Å²) >= 11 is 5.96. The molecule has 0 saturated carbocycles. The second-order valence-electron chi connectivity index (χ2n) is 3.65. The number of nitrogens with two attached hydrogens (primary N) is 1. The number of anilines is 1. The van der Waals surface area contributed by atoms with Crippen LogP contribution in [0, 0.1) is 0 Å². The zero-order valence-electron chi connectivity index (χ0n) is 8.17. The molecule has 1 fully saturated rings. The minimum absolute atomic E-state index is 0.682. The molecule has 3 heteroatoms. The standard InChI is InChI=1S/C11H15ClN2/c12-10-2-3-11(14-6-1-7-14)9(8-10)4-5-13/h2-3,8H,1,4-7,13H2. The summed E-state index contributed by atoms with van der Waals surface area (Å²) in [7, 11) is 0. The maximum absolute atomic E-state index is 5.96. The summed E-state index contributed by atoms with van der Waals surface area (Å²) in [4.78, 5) is 2.38. The van der Waals surface area contributed by atoms with E-state index in [1.165, 1.54) is 30.8 Å². The monoisotopic (exact) mass is 210 g/mol. The SMILES string of the molecule is NCCc1cc(Cl)ccc1N1CCC1. The average molecular weight is 211 g/mol. The Hall–Kier alpha value is -0.730. The molecule has 0 aliphatic carbocycles. The largest absolute Gasteiger partial charge is 0.371 e. The Labute approximate surface area is 89.7 Å². The van der Waals surface area contributed by atoms with Gasteiger partial charge in [0.05, 0.1) is 0 Å². The minimum Gasteiger partial charge on any atom is -0.371 e. The molecule has 0 unspecified atom stereocenters. The molecule has 1 aromatic rings. The van der Waals surface area contributed by atoms with Crippen molar-refractivity contribution in [3.05, 3.63) is 28.8 Å². The van der Waals surface area contributed by atoms with Crippen LogP contribution >= 0.6 is 11.6 Å². The van der Waals surface area contributed by atoms with Gasteiger partial charge in [0.2, 0.25) is 0 Å². The third-order valence-corrected chi connectivity index (χ3v) is 2.89. The first kappa shape index (κ1) is 9.81. The van der Waals surface area contributed by atoms with E-state index in [1.54, 1.807) is 0 Å². The van der Waals surface area contributed by atoms with Crippen molar-refractivity contribution in [3.63, 3.8) is 0 Å². The molecule has 76 valence electrons. The van der Waals surface area contributed by atoms with Crippen molar-refractivity contribution < 1.29 is 0 Å². The Balaban J connectivity index is 2.26. The van der Waals surface area contributed by atoms with Gasteiger partial charge in [-0.3, -0.25) is 0 Å². The minimum atomic E-state index is 0.682. The number of hydrogen-bond donors (Lipinski definition) is 1. The molecule has 0 amide bonds. The first-order chi connectivity index (χ1) is 6.81. The molecule has 2 N–H and O–H groups in total. The molecule has 2 rings (SSSR count). The fourth-order valence-electron chi connectivity index (χ4n) is 1.78. The van der Waals surface area contributed by atoms with Crippen molar-refractivity contribution in [2.24, 2.45) is 5.73 Å². The molecule has 14 heavy (non-hydrogen) atoms. The second kappa shape index (κ2) is 4.20. The smallest absolute Gasteiger partial charge is 0.0410 e. The first-order valence-corrected chi connectivity index (χ1v) is 5.42. The van der Waals surface area contributed by atoms with Crippen LogP contribution in [0.4, 0.5) is 5.69 Å². The first-order valence-electron chi connectivity index (χ1n) is 5.04. The van der Waals surface area contributed by atoms with Crippen LogP contribution in [-0.4, -0.2) is 19.6 Å². The van der Waals surface area contributed by atoms with E-state index in [1.807, 2.05) is 12.1 Å². The topological polar surface area (TPSA) is 29.3 Å². The normalized spacial score (nSPS) is 15.4. The van der Waals surface area contributed by atoms with E-state index in [0.717, 1.165) is 11.4 Å². The van der Waals surface area contributed by atoms with Gasteiger partial charge in [0.1, 0.15) is 0 Å². The quantitative estimate of drug-likeness (QED) is 0.828. The van der Waals surface area contributed by atoms with Crippen molar-refractivity contribution in [2.75, 3.05) is 24.5 Å². The molecule has 0 radical (unpaired) electrons. The molecular weight excluding hydrogens is 196 g/mol. The van der Waals surface area contributed by atoms with Crippen molar-refractivity contribution in [1.29, 1.82) is 0 Å². The molecule has 1 heterocycles. The molecule has 2 nitrogen and oxygen atoms in total. The number of nitrogens with zero attached hydrogens (tertiary/aromatic N) is 1. The molecule has 1 aliphatic heterocycles. The van der Waals surface area contributed by atoms with Gasteiger partial charge in [-0.1, -0.05) is 11.6 Å². The summed E-state index contributed by atoms with van der Waals surface area (Å²) in [6.45, 7) is 3.01. The summed E-state index contributed by atoms with van der Waals surface area (Å²) in [5.41, 5.74) is 8.17. The average Bonchev–Trinajstić information content (AvgIpc) is 2.07. The van der Waals surface area contributed by atoms with Gasteiger partial charge in [0.15, 0.2) is 0 Å². The Bertz CT molecular complexity index is 321. The second-order valence-corrected chi connectivity index (χ2v) is 4.09. The van der Waals surface area contributed by atoms with Crippen LogP contribution in [0.25, 0.3) is 0 Å². The van der Waals surface area contributed by atoms with E-state index in [2.05, 4.69) is 11.0 Å². The van der Waals surface area contributed by atoms with Crippen LogP contribution in [0.5, 0.6) is 0 Å². The van der Waals surface area contributed by atoms with Gasteiger partial charge < -0.3 is 10.6 Å². The van der Waals surface area contributed by atoms with E-state index in [0.29, 0.717) is 6.54 Å². The number of benzene rings is 1. The zero-order chi connectivity index (χ0) is 9.97. The third-order valence-electron chi connectivity index (χ3n) is 2.65. The molecule has 1 aliphatic rings. The highest BCUT2D eigenvalue weighted by atomic mass is 35.5. The molecule has 0 bridgehead atoms. The zero-order valence-corrected chi connectivity index (χ0v) is 8.93. The lowest BCUT2D eigenvalue weighted by molar-refractivity contribution is 0.614. The van der Waals surface area contributed by atoms with E-state index in [9.17, 15) is 0 Å². The van der Waals surface area contributed by atoms with Crippen LogP contribution in [0.1, 0.15) is 12.0 Å². The van der Waals surface area contributed by atoms with Gasteiger partial charge in [-0.25, -0.2) is 0 Å². The van der Waals surface area contributed by atoms with E-state index >= 15 is 0 Å². The third kappa shape index (κ3) is 1.86. The molecule has 1 saturated heterocycles. The lowest BCUT2D eigenvalue weighted by Gasteiger charge is -2.34. The van der Waals surface area contributed by atoms with Gasteiger partial charge in [-0.15, -0.1) is 0 Å². The van der Waals surface area contributed by atoms with E-state index in [4.69, 9.17) is 17.3 Å². The van der Waals surface area contributed by atoms with E-state index < -0.39 is 0 Å². The lowest BCUT2D eigenvalue weighted by Crippen LogP contribution is -2.37. The fraction of sp³-hybridized carbons (Fsp3) is 0.455. The predicted octanol–water partition coefficient (Wildman–Crippen LogP) is 2.05. The van der Waals surface area contributed by atoms with Gasteiger partial charge >= 0.3 is 0 Å². The van der Waals surface area contributed by atoms with Crippen LogP contribution < -0.4 is 10.6 Å². The van der Waals surface area contributed by atoms with Gasteiger partial charge in [-0.2, -0.15) is 0 Å². The molecule has 0 spiro atoms. The summed E-state index contributed by atoms with van der Waals surface area (Å²) in [6.07, 6.45) is 2.21. The Morgan fingerprint density at radius 1 is 1.36 bits per heavy atom. The summed E-state index contributed by atoms with van der Waals surface area (Å²) in [6, 6.07) is 6.09. The Morgan fingerprint density at radius 3 is 2.71 bits per heavy atom. The van der Waals surface area contributed by atoms with Crippen molar-refractivity contribution in [2.45, 2.75) is 12.8 Å². The Kier molecular flexibility index (Phi) is 2.94. The highest BCUT2D eigenvalue weighted by Crippen LogP contribution is 2.27. The molecule has 0 atom stereocenters. The number of halogens is 1. The molecular formula is C11H15ClN2. The Morgan fingerprint density at radius 2 is 2.14 bits per heavy atom. The maximum Gasteiger partial charge on any atom is 0.0410 e. The van der Waals surface area contributed by atoms with Gasteiger partial charge in [0, 0.05) is 23.8 Å². The number of hydrogen-bond acceptors (Lipinski definition) is 2. The summed E-state index contributed by atoms with van der Waals surface area (Å²) in [5, 5.41) is 0.803. The summed E-state index contributed by atoms with van der Waals surface area (Å²) in [5.74, 6) is 0. The van der Waals surface area contributed by atoms with Crippen molar-refractivity contribution >= 4 is 17.3 Å². The van der Waals surface area contributed by atoms with Crippen LogP contribution in [0.2, 0.25) is 5.02 Å². The number of rotatable bonds is 3. The van der Waals surface area contributed by atoms with Gasteiger partial charge in [-0.05, 0) is 43.1 Å². The molecule has 1 aromatic carbocycles. The lowest BCUT2D eigenvalue weighted by atomic mass is 10.1. The summed E-state index contributed by atoms with van der Waals surface area (Å²) < 4.78 is 0. The van der Waals surface area contributed by atoms with Crippen LogP contribution in [0.15, 0.2) is 18.2 Å². The van der Waals surface area contributed by atoms with Crippen molar-refractivity contribution in [3.8, 4) is 0 Å². The maximum atomic E-state index is 5.96. The van der Waals surface area contributed by atoms with Crippen LogP contribution in [0.3, 0.4) is 0 Å². The highest BCUT2D eigenvalue weighted by Gasteiger charge is 2.17. The van der Waals surface area contributed by atoms with Gasteiger partial charge in [0.25, 0.3) is 0 Å². The molecule has 0 aromatic heterocycles. The van der Waals surface area contributed by atoms with Crippen molar-refractivity contribution in [1.82, 2.24) is 0 Å². The predicted molar refractivity (Wildman–Crippen MR) is 61.0 cm³/mol. The fourth-order valence-corrected chi connectivity index (χ4v) is 1.97. The highest BCUT2D eigenvalue weighted by molar-refractivity contribution is 6.30. The van der Waals surface area contributed by atoms with E-state index in [-0.39, 0.29) is 0 Å².